The summed E-state index contributed by atoms with van der Waals surface area (Å²) in [6.45, 7) is 5.85. The van der Waals surface area contributed by atoms with Gasteiger partial charge in [0.2, 0.25) is 0 Å². The summed E-state index contributed by atoms with van der Waals surface area (Å²) < 4.78 is 10.6. The third-order valence-electron chi connectivity index (χ3n) is 3.30. The van der Waals surface area contributed by atoms with Crippen molar-refractivity contribution in [3.05, 3.63) is 29.8 Å². The fourth-order valence-electron chi connectivity index (χ4n) is 1.81. The standard InChI is InChI=1S/C16H26N2O3/c1-16(2,8-9-20-3)12-18-15(19)11-21-14-7-5-4-6-13(14)10-17/h4-7H,8-12,17H2,1-3H3,(H,18,19). The Labute approximate surface area is 126 Å². The Morgan fingerprint density at radius 2 is 2.05 bits per heavy atom. The Bertz CT molecular complexity index is 447. The molecule has 0 aliphatic rings. The second-order valence-electron chi connectivity index (χ2n) is 5.78. The number of hydrogen-bond donors (Lipinski definition) is 2. The maximum Gasteiger partial charge on any atom is 0.257 e. The summed E-state index contributed by atoms with van der Waals surface area (Å²) in [5.41, 5.74) is 6.52. The highest BCUT2D eigenvalue weighted by molar-refractivity contribution is 5.77. The summed E-state index contributed by atoms with van der Waals surface area (Å²) in [5.74, 6) is 0.529. The lowest BCUT2D eigenvalue weighted by Crippen LogP contribution is -2.37. The molecule has 1 amide bonds. The van der Waals surface area contributed by atoms with E-state index in [4.69, 9.17) is 15.2 Å². The number of carbonyl (C=O) groups excluding carboxylic acids is 1. The molecule has 5 heteroatoms. The molecule has 1 aromatic rings. The fraction of sp³-hybridized carbons (Fsp3) is 0.562. The molecule has 0 bridgehead atoms. The Morgan fingerprint density at radius 3 is 2.71 bits per heavy atom. The third kappa shape index (κ3) is 6.60. The van der Waals surface area contributed by atoms with Gasteiger partial charge in [0.1, 0.15) is 5.75 Å². The number of hydrogen-bond acceptors (Lipinski definition) is 4. The predicted molar refractivity (Wildman–Crippen MR) is 83.1 cm³/mol. The normalized spacial score (nSPS) is 11.2. The van der Waals surface area contributed by atoms with E-state index in [9.17, 15) is 4.79 Å². The summed E-state index contributed by atoms with van der Waals surface area (Å²) in [6, 6.07) is 7.47. The Morgan fingerprint density at radius 1 is 1.33 bits per heavy atom. The van der Waals surface area contributed by atoms with Gasteiger partial charge < -0.3 is 20.5 Å². The van der Waals surface area contributed by atoms with E-state index in [1.807, 2.05) is 24.3 Å². The van der Waals surface area contributed by atoms with Crippen molar-refractivity contribution < 1.29 is 14.3 Å². The molecule has 1 rings (SSSR count). The molecule has 0 aliphatic carbocycles. The molecule has 0 unspecified atom stereocenters. The van der Waals surface area contributed by atoms with Gasteiger partial charge in [0, 0.05) is 32.4 Å². The largest absolute Gasteiger partial charge is 0.483 e. The van der Waals surface area contributed by atoms with Crippen LogP contribution in [0.1, 0.15) is 25.8 Å². The van der Waals surface area contributed by atoms with E-state index >= 15 is 0 Å². The van der Waals surface area contributed by atoms with Crippen LogP contribution in [0.15, 0.2) is 24.3 Å². The van der Waals surface area contributed by atoms with E-state index in [0.717, 1.165) is 12.0 Å². The van der Waals surface area contributed by atoms with Gasteiger partial charge in [-0.05, 0) is 17.9 Å². The Kier molecular flexibility index (Phi) is 7.19. The molecule has 3 N–H and O–H groups in total. The molecular formula is C16H26N2O3. The molecule has 118 valence electrons. The van der Waals surface area contributed by atoms with Gasteiger partial charge in [0.15, 0.2) is 6.61 Å². The topological polar surface area (TPSA) is 73.6 Å². The van der Waals surface area contributed by atoms with Crippen molar-refractivity contribution in [3.8, 4) is 5.75 Å². The lowest BCUT2D eigenvalue weighted by atomic mass is 9.90. The highest BCUT2D eigenvalue weighted by Crippen LogP contribution is 2.19. The summed E-state index contributed by atoms with van der Waals surface area (Å²) in [4.78, 5) is 11.8. The molecule has 0 heterocycles. The minimum absolute atomic E-state index is 0.000829. The van der Waals surface area contributed by atoms with Gasteiger partial charge in [-0.15, -0.1) is 0 Å². The second-order valence-corrected chi connectivity index (χ2v) is 5.78. The van der Waals surface area contributed by atoms with Crippen LogP contribution in [0.3, 0.4) is 0 Å². The number of benzene rings is 1. The number of rotatable bonds is 9. The summed E-state index contributed by atoms with van der Waals surface area (Å²) in [6.07, 6.45) is 0.890. The number of amides is 1. The molecule has 0 saturated carbocycles. The number of nitrogens with one attached hydrogen (secondary N) is 1. The average Bonchev–Trinajstić information content (AvgIpc) is 2.49. The van der Waals surface area contributed by atoms with Crippen LogP contribution in [0, 0.1) is 5.41 Å². The van der Waals surface area contributed by atoms with Crippen LogP contribution < -0.4 is 15.8 Å². The molecular weight excluding hydrogens is 268 g/mol. The second kappa shape index (κ2) is 8.64. The fourth-order valence-corrected chi connectivity index (χ4v) is 1.81. The lowest BCUT2D eigenvalue weighted by Gasteiger charge is -2.24. The first-order chi connectivity index (χ1) is 9.98. The first-order valence-corrected chi connectivity index (χ1v) is 7.15. The van der Waals surface area contributed by atoms with Gasteiger partial charge >= 0.3 is 0 Å². The number of ether oxygens (including phenoxy) is 2. The number of nitrogens with two attached hydrogens (primary N) is 1. The molecule has 1 aromatic carbocycles. The Balaban J connectivity index is 2.37. The van der Waals surface area contributed by atoms with E-state index in [1.54, 1.807) is 7.11 Å². The zero-order valence-electron chi connectivity index (χ0n) is 13.1. The van der Waals surface area contributed by atoms with Crippen LogP contribution in [-0.2, 0) is 16.1 Å². The van der Waals surface area contributed by atoms with E-state index < -0.39 is 0 Å². The first-order valence-electron chi connectivity index (χ1n) is 7.15. The first kappa shape index (κ1) is 17.5. The SMILES string of the molecule is COCCC(C)(C)CNC(=O)COc1ccccc1CN. The zero-order valence-corrected chi connectivity index (χ0v) is 13.1. The van der Waals surface area contributed by atoms with Crippen molar-refractivity contribution >= 4 is 5.91 Å². The molecule has 21 heavy (non-hydrogen) atoms. The molecule has 0 atom stereocenters. The van der Waals surface area contributed by atoms with Crippen LogP contribution in [-0.4, -0.2) is 32.8 Å². The Hall–Kier alpha value is -1.59. The van der Waals surface area contributed by atoms with Crippen LogP contribution in [0.5, 0.6) is 5.75 Å². The number of carbonyl (C=O) groups is 1. The minimum Gasteiger partial charge on any atom is -0.483 e. The van der Waals surface area contributed by atoms with Crippen molar-refractivity contribution in [1.82, 2.24) is 5.32 Å². The van der Waals surface area contributed by atoms with E-state index in [1.165, 1.54) is 0 Å². The van der Waals surface area contributed by atoms with Gasteiger partial charge in [0.25, 0.3) is 5.91 Å². The van der Waals surface area contributed by atoms with Crippen molar-refractivity contribution in [2.24, 2.45) is 11.1 Å². The number of para-hydroxylation sites is 1. The minimum atomic E-state index is -0.132. The van der Waals surface area contributed by atoms with E-state index in [0.29, 0.717) is 25.4 Å². The quantitative estimate of drug-likeness (QED) is 0.727. The summed E-state index contributed by atoms with van der Waals surface area (Å²) in [7, 11) is 1.68. The summed E-state index contributed by atoms with van der Waals surface area (Å²) >= 11 is 0. The number of methoxy groups -OCH3 is 1. The van der Waals surface area contributed by atoms with Crippen molar-refractivity contribution in [2.45, 2.75) is 26.8 Å². The molecule has 5 nitrogen and oxygen atoms in total. The highest BCUT2D eigenvalue weighted by atomic mass is 16.5. The van der Waals surface area contributed by atoms with E-state index in [-0.39, 0.29) is 17.9 Å². The van der Waals surface area contributed by atoms with E-state index in [2.05, 4.69) is 19.2 Å². The van der Waals surface area contributed by atoms with Crippen molar-refractivity contribution in [2.75, 3.05) is 26.9 Å². The van der Waals surface area contributed by atoms with Crippen LogP contribution in [0.4, 0.5) is 0 Å². The third-order valence-corrected chi connectivity index (χ3v) is 3.30. The van der Waals surface area contributed by atoms with Gasteiger partial charge in [-0.25, -0.2) is 0 Å². The van der Waals surface area contributed by atoms with Gasteiger partial charge in [-0.2, -0.15) is 0 Å². The van der Waals surface area contributed by atoms with Crippen LogP contribution in [0.25, 0.3) is 0 Å². The van der Waals surface area contributed by atoms with Gasteiger partial charge in [0.05, 0.1) is 0 Å². The molecule has 0 aromatic heterocycles. The van der Waals surface area contributed by atoms with Gasteiger partial charge in [-0.3, -0.25) is 4.79 Å². The predicted octanol–water partition coefficient (Wildman–Crippen LogP) is 1.70. The molecule has 0 aliphatic heterocycles. The average molecular weight is 294 g/mol. The van der Waals surface area contributed by atoms with Gasteiger partial charge in [-0.1, -0.05) is 32.0 Å². The van der Waals surface area contributed by atoms with Crippen molar-refractivity contribution in [3.63, 3.8) is 0 Å². The van der Waals surface area contributed by atoms with Crippen LogP contribution in [0.2, 0.25) is 0 Å². The summed E-state index contributed by atoms with van der Waals surface area (Å²) in [5, 5.41) is 2.89. The highest BCUT2D eigenvalue weighted by Gasteiger charge is 2.18. The lowest BCUT2D eigenvalue weighted by molar-refractivity contribution is -0.123. The molecule has 0 radical (unpaired) electrons. The van der Waals surface area contributed by atoms with Crippen molar-refractivity contribution in [1.29, 1.82) is 0 Å². The zero-order chi connectivity index (χ0) is 15.7. The van der Waals surface area contributed by atoms with Crippen LogP contribution >= 0.6 is 0 Å². The maximum absolute atomic E-state index is 11.8. The molecule has 0 saturated heterocycles. The molecule has 0 spiro atoms. The monoisotopic (exact) mass is 294 g/mol. The smallest absolute Gasteiger partial charge is 0.257 e. The molecule has 0 fully saturated rings. The maximum atomic E-state index is 11.8.